The van der Waals surface area contributed by atoms with Gasteiger partial charge in [-0.2, -0.15) is 9.59 Å². The number of halogens is 1. The van der Waals surface area contributed by atoms with Crippen LogP contribution in [0.25, 0.3) is 44.3 Å². The predicted octanol–water partition coefficient (Wildman–Crippen LogP) is 6.37. The number of nitrogen functional groups attached to an aromatic ring is 1. The van der Waals surface area contributed by atoms with E-state index >= 15 is 0 Å². The van der Waals surface area contributed by atoms with Crippen LogP contribution in [0, 0.1) is 0 Å². The van der Waals surface area contributed by atoms with Crippen molar-refractivity contribution in [2.75, 3.05) is 18.2 Å². The van der Waals surface area contributed by atoms with Crippen LogP contribution in [0.2, 0.25) is 5.02 Å². The summed E-state index contributed by atoms with van der Waals surface area (Å²) in [7, 11) is 1.32. The number of anilines is 2. The fourth-order valence-corrected chi connectivity index (χ4v) is 5.32. The van der Waals surface area contributed by atoms with Crippen LogP contribution in [0.1, 0.15) is 33.3 Å². The molecule has 0 atom stereocenters. The molecule has 0 saturated heterocycles. The molecule has 3 N–H and O–H groups in total. The molecule has 0 saturated carbocycles. The minimum atomic E-state index is -0.509. The molecule has 45 heavy (non-hydrogen) atoms. The van der Waals surface area contributed by atoms with E-state index in [9.17, 15) is 14.4 Å². The van der Waals surface area contributed by atoms with Gasteiger partial charge >= 0.3 is 12.1 Å². The Hall–Kier alpha value is -5.83. The zero-order chi connectivity index (χ0) is 32.2. The molecule has 1 aliphatic carbocycles. The third kappa shape index (κ3) is 5.88. The molecular formula is C34H24ClN3O7. The normalized spacial score (nSPS) is 10.6. The van der Waals surface area contributed by atoms with Crippen LogP contribution in [0.15, 0.2) is 88.1 Å². The molecule has 4 aromatic rings. The highest BCUT2D eigenvalue weighted by molar-refractivity contribution is 6.31. The molecule has 0 radical (unpaired) electrons. The predicted molar refractivity (Wildman–Crippen MR) is 169 cm³/mol. The second-order valence-corrected chi connectivity index (χ2v) is 10.3. The summed E-state index contributed by atoms with van der Waals surface area (Å²) in [6, 6.07) is 22.8. The molecule has 0 spiro atoms. The summed E-state index contributed by atoms with van der Waals surface area (Å²) in [6.07, 6.45) is 0.250. The first-order chi connectivity index (χ1) is 21.7. The number of methoxy groups -OCH3 is 1. The molecule has 0 bridgehead atoms. The van der Waals surface area contributed by atoms with Gasteiger partial charge in [-0.25, -0.2) is 9.78 Å². The van der Waals surface area contributed by atoms with Crippen molar-refractivity contribution in [2.24, 2.45) is 0 Å². The number of pyridine rings is 1. The summed E-state index contributed by atoms with van der Waals surface area (Å²) in [5, 5.41) is 4.96. The highest BCUT2D eigenvalue weighted by Crippen LogP contribution is 2.44. The molecule has 2 aliphatic rings. The number of rotatable bonds is 6. The van der Waals surface area contributed by atoms with Crippen LogP contribution < -0.4 is 16.5 Å². The molecule has 2 heterocycles. The number of carbonyl (C=O) groups is 2. The van der Waals surface area contributed by atoms with Crippen molar-refractivity contribution in [2.45, 2.75) is 13.5 Å². The zero-order valence-corrected chi connectivity index (χ0v) is 24.7. The number of fused-ring (bicyclic) bond motifs is 3. The average Bonchev–Trinajstić information content (AvgIpc) is 3.04. The fourth-order valence-electron chi connectivity index (χ4n) is 5.16. The molecule has 224 valence electrons. The Labute approximate surface area is 260 Å². The number of benzene rings is 4. The smallest absolute Gasteiger partial charge is 0.373 e. The maximum Gasteiger partial charge on any atom is 0.373 e. The SMILES string of the molecule is COC(=O)c1ccccc1-c1c2cc(Cl)c(=O)cc-2oc2c(CNc3cccc4ccc(C(C)=O)nc34)c(N)ccc12.O=C=O. The zero-order valence-electron chi connectivity index (χ0n) is 24.0. The van der Waals surface area contributed by atoms with E-state index in [0.29, 0.717) is 61.4 Å². The average molecular weight is 622 g/mol. The van der Waals surface area contributed by atoms with E-state index in [1.165, 1.54) is 20.1 Å². The summed E-state index contributed by atoms with van der Waals surface area (Å²) in [4.78, 5) is 58.1. The Bertz CT molecular complexity index is 2190. The van der Waals surface area contributed by atoms with Gasteiger partial charge in [-0.3, -0.25) is 9.59 Å². The summed E-state index contributed by atoms with van der Waals surface area (Å²) >= 11 is 6.28. The second-order valence-electron chi connectivity index (χ2n) is 9.87. The van der Waals surface area contributed by atoms with Gasteiger partial charge in [0.2, 0.25) is 5.43 Å². The minimum absolute atomic E-state index is 0.0274. The lowest BCUT2D eigenvalue weighted by atomic mass is 9.90. The maximum atomic E-state index is 12.8. The lowest BCUT2D eigenvalue weighted by molar-refractivity contribution is -0.191. The first-order valence-corrected chi connectivity index (χ1v) is 13.8. The highest BCUT2D eigenvalue weighted by Gasteiger charge is 2.24. The Kier molecular flexibility index (Phi) is 8.71. The molecule has 0 unspecified atom stereocenters. The number of carbonyl (C=O) groups excluding carboxylic acids is 4. The molecular weight excluding hydrogens is 598 g/mol. The number of hydrogen-bond acceptors (Lipinski definition) is 10. The van der Waals surface area contributed by atoms with Gasteiger partial charge in [-0.15, -0.1) is 0 Å². The number of nitrogens with zero attached hydrogens (tertiary/aromatic N) is 1. The van der Waals surface area contributed by atoms with E-state index in [0.717, 1.165) is 5.39 Å². The number of Topliss-reactive ketones (excluding diaryl/α,β-unsaturated/α-hetero) is 1. The van der Waals surface area contributed by atoms with E-state index in [4.69, 9.17) is 36.1 Å². The van der Waals surface area contributed by atoms with Gasteiger partial charge in [-0.05, 0) is 42.0 Å². The molecule has 1 aromatic heterocycles. The number of esters is 1. The van der Waals surface area contributed by atoms with Crippen molar-refractivity contribution in [3.05, 3.63) is 111 Å². The Morgan fingerprint density at radius 3 is 2.49 bits per heavy atom. The Balaban J connectivity index is 0.00000128. The molecule has 3 aromatic carbocycles. The van der Waals surface area contributed by atoms with Gasteiger partial charge in [0.25, 0.3) is 0 Å². The quantitative estimate of drug-likeness (QED) is 0.0926. The summed E-state index contributed by atoms with van der Waals surface area (Å²) in [6.45, 7) is 1.71. The largest absolute Gasteiger partial charge is 0.465 e. The molecule has 1 aliphatic heterocycles. The van der Waals surface area contributed by atoms with Gasteiger partial charge < -0.3 is 20.2 Å². The monoisotopic (exact) mass is 621 g/mol. The van der Waals surface area contributed by atoms with Gasteiger partial charge in [-0.1, -0.05) is 48.0 Å². The van der Waals surface area contributed by atoms with Crippen molar-refractivity contribution in [1.29, 1.82) is 0 Å². The van der Waals surface area contributed by atoms with Gasteiger partial charge in [0.1, 0.15) is 17.0 Å². The van der Waals surface area contributed by atoms with Crippen molar-refractivity contribution < 1.29 is 28.3 Å². The van der Waals surface area contributed by atoms with Crippen molar-refractivity contribution in [3.63, 3.8) is 0 Å². The van der Waals surface area contributed by atoms with Crippen molar-refractivity contribution in [1.82, 2.24) is 4.98 Å². The standard InChI is InChI=1S/C33H24ClN3O5.CO2/c1-17(38)26-13-10-18-6-5-9-27(31(18)37-26)36-16-23-25(35)12-11-21-30(19-7-3-4-8-20(19)33(40)41-2)22-14-24(34)28(39)15-29(22)42-32(21)23;2-1-3/h3-15,36H,16,35H2,1-2H3;. The summed E-state index contributed by atoms with van der Waals surface area (Å²) in [5.74, 6) is -0.352. The topological polar surface area (TPSA) is 159 Å². The van der Waals surface area contributed by atoms with E-state index in [2.05, 4.69) is 10.3 Å². The molecule has 10 nitrogen and oxygen atoms in total. The van der Waals surface area contributed by atoms with Gasteiger partial charge in [0, 0.05) is 52.7 Å². The lowest BCUT2D eigenvalue weighted by Crippen LogP contribution is -2.08. The van der Waals surface area contributed by atoms with Crippen molar-refractivity contribution in [3.8, 4) is 22.5 Å². The number of para-hydroxylation sites is 1. The number of hydrogen-bond donors (Lipinski definition) is 2. The first kappa shape index (κ1) is 30.6. The van der Waals surface area contributed by atoms with Gasteiger partial charge in [0.05, 0.1) is 28.9 Å². The number of ether oxygens (including phenoxy) is 1. The lowest BCUT2D eigenvalue weighted by Gasteiger charge is -2.20. The summed E-state index contributed by atoms with van der Waals surface area (Å²) in [5.41, 5.74) is 11.5. The number of aromatic nitrogens is 1. The maximum absolute atomic E-state index is 12.8. The minimum Gasteiger partial charge on any atom is -0.465 e. The molecule has 0 amide bonds. The Morgan fingerprint density at radius 2 is 1.76 bits per heavy atom. The first-order valence-electron chi connectivity index (χ1n) is 13.5. The highest BCUT2D eigenvalue weighted by atomic mass is 35.5. The van der Waals surface area contributed by atoms with E-state index in [-0.39, 0.29) is 29.3 Å². The van der Waals surface area contributed by atoms with Gasteiger partial charge in [0.15, 0.2) is 5.78 Å². The summed E-state index contributed by atoms with van der Waals surface area (Å²) < 4.78 is 11.4. The van der Waals surface area contributed by atoms with E-state index < -0.39 is 11.4 Å². The van der Waals surface area contributed by atoms with Crippen LogP contribution >= 0.6 is 11.6 Å². The van der Waals surface area contributed by atoms with Crippen LogP contribution in [0.4, 0.5) is 11.4 Å². The van der Waals surface area contributed by atoms with Crippen LogP contribution in [-0.4, -0.2) is 30.0 Å². The number of nitrogens with one attached hydrogen (secondary N) is 1. The second kappa shape index (κ2) is 12.8. The van der Waals surface area contributed by atoms with E-state index in [1.54, 1.807) is 30.3 Å². The molecule has 0 fully saturated rings. The molecule has 6 rings (SSSR count). The number of nitrogens with two attached hydrogens (primary N) is 1. The third-order valence-electron chi connectivity index (χ3n) is 7.22. The van der Waals surface area contributed by atoms with Crippen molar-refractivity contribution >= 4 is 62.8 Å². The number of ketones is 1. The fraction of sp³-hybridized carbons (Fsp3) is 0.0882. The van der Waals surface area contributed by atoms with Crippen LogP contribution in [0.5, 0.6) is 0 Å². The molecule has 11 heteroatoms. The Morgan fingerprint density at radius 1 is 1.00 bits per heavy atom. The third-order valence-corrected chi connectivity index (χ3v) is 7.52. The van der Waals surface area contributed by atoms with Crippen LogP contribution in [-0.2, 0) is 20.9 Å². The van der Waals surface area contributed by atoms with Crippen LogP contribution in [0.3, 0.4) is 0 Å². The van der Waals surface area contributed by atoms with E-state index in [1.807, 2.05) is 42.5 Å².